The minimum Gasteiger partial charge on any atom is -0.492 e. The molecule has 1 aliphatic rings. The number of halogens is 1. The van der Waals surface area contributed by atoms with E-state index < -0.39 is 0 Å². The van der Waals surface area contributed by atoms with Crippen molar-refractivity contribution in [3.63, 3.8) is 0 Å². The van der Waals surface area contributed by atoms with E-state index in [2.05, 4.69) is 83.6 Å². The van der Waals surface area contributed by atoms with Crippen LogP contribution < -0.4 is 10.1 Å². The Hall–Kier alpha value is -1.32. The van der Waals surface area contributed by atoms with Crippen LogP contribution in [0.15, 0.2) is 53.0 Å². The van der Waals surface area contributed by atoms with Gasteiger partial charge in [-0.15, -0.1) is 0 Å². The molecule has 0 amide bonds. The zero-order chi connectivity index (χ0) is 16.3. The number of hydrogen-bond acceptors (Lipinski definition) is 2. The molecule has 1 aliphatic heterocycles. The van der Waals surface area contributed by atoms with Gasteiger partial charge in [0.25, 0.3) is 0 Å². The predicted octanol–water partition coefficient (Wildman–Crippen LogP) is 4.76. The maximum Gasteiger partial charge on any atom is 0.133 e. The van der Waals surface area contributed by atoms with Crippen molar-refractivity contribution >= 4 is 15.9 Å². The molecule has 2 nitrogen and oxygen atoms in total. The highest BCUT2D eigenvalue weighted by atomic mass is 79.9. The molecule has 2 aromatic carbocycles. The van der Waals surface area contributed by atoms with Crippen molar-refractivity contribution in [3.8, 4) is 5.75 Å². The maximum atomic E-state index is 6.01. The van der Waals surface area contributed by atoms with Gasteiger partial charge in [-0.2, -0.15) is 0 Å². The SMILES string of the molecule is CC(C)(c1ccccc1)c1ccc(OC[C@@H]2CCNC2)c(Br)c1. The zero-order valence-electron chi connectivity index (χ0n) is 13.8. The molecule has 0 unspecified atom stereocenters. The van der Waals surface area contributed by atoms with Crippen LogP contribution in [0.5, 0.6) is 5.75 Å². The van der Waals surface area contributed by atoms with Crippen LogP contribution in [0.25, 0.3) is 0 Å². The lowest BCUT2D eigenvalue weighted by Gasteiger charge is -2.27. The zero-order valence-corrected chi connectivity index (χ0v) is 15.4. The Kier molecular flexibility index (Phi) is 5.08. The summed E-state index contributed by atoms with van der Waals surface area (Å²) in [5.41, 5.74) is 2.57. The van der Waals surface area contributed by atoms with E-state index in [1.165, 1.54) is 17.5 Å². The van der Waals surface area contributed by atoms with E-state index in [1.54, 1.807) is 0 Å². The van der Waals surface area contributed by atoms with Crippen molar-refractivity contribution in [1.82, 2.24) is 5.32 Å². The molecule has 0 bridgehead atoms. The fourth-order valence-electron chi connectivity index (χ4n) is 3.09. The Morgan fingerprint density at radius 2 is 1.91 bits per heavy atom. The maximum absolute atomic E-state index is 6.01. The minimum absolute atomic E-state index is 0.0301. The van der Waals surface area contributed by atoms with Gasteiger partial charge in [-0.25, -0.2) is 0 Å². The van der Waals surface area contributed by atoms with Crippen LogP contribution in [0, 0.1) is 5.92 Å². The van der Waals surface area contributed by atoms with Crippen LogP contribution in [-0.4, -0.2) is 19.7 Å². The lowest BCUT2D eigenvalue weighted by atomic mass is 9.78. The van der Waals surface area contributed by atoms with Gasteiger partial charge in [0.1, 0.15) is 5.75 Å². The topological polar surface area (TPSA) is 21.3 Å². The summed E-state index contributed by atoms with van der Waals surface area (Å²) in [4.78, 5) is 0. The van der Waals surface area contributed by atoms with Gasteiger partial charge >= 0.3 is 0 Å². The van der Waals surface area contributed by atoms with Crippen molar-refractivity contribution in [3.05, 3.63) is 64.1 Å². The molecule has 3 rings (SSSR count). The summed E-state index contributed by atoms with van der Waals surface area (Å²) in [5.74, 6) is 1.56. The fraction of sp³-hybridized carbons (Fsp3) is 0.400. The Bertz CT molecular complexity index is 648. The number of hydrogen-bond donors (Lipinski definition) is 1. The van der Waals surface area contributed by atoms with Crippen molar-refractivity contribution in [2.24, 2.45) is 5.92 Å². The van der Waals surface area contributed by atoms with Crippen LogP contribution in [0.2, 0.25) is 0 Å². The molecule has 1 fully saturated rings. The van der Waals surface area contributed by atoms with Gasteiger partial charge in [0.2, 0.25) is 0 Å². The second kappa shape index (κ2) is 7.06. The van der Waals surface area contributed by atoms with Gasteiger partial charge < -0.3 is 10.1 Å². The Morgan fingerprint density at radius 3 is 2.57 bits per heavy atom. The van der Waals surface area contributed by atoms with E-state index in [0.29, 0.717) is 5.92 Å². The highest BCUT2D eigenvalue weighted by Gasteiger charge is 2.24. The molecule has 0 aliphatic carbocycles. The molecular weight excluding hydrogens is 350 g/mol. The molecule has 1 N–H and O–H groups in total. The lowest BCUT2D eigenvalue weighted by molar-refractivity contribution is 0.258. The molecule has 0 aromatic heterocycles. The molecule has 0 spiro atoms. The van der Waals surface area contributed by atoms with E-state index in [1.807, 2.05) is 0 Å². The predicted molar refractivity (Wildman–Crippen MR) is 99.2 cm³/mol. The summed E-state index contributed by atoms with van der Waals surface area (Å²) < 4.78 is 7.04. The number of benzene rings is 2. The van der Waals surface area contributed by atoms with E-state index >= 15 is 0 Å². The summed E-state index contributed by atoms with van der Waals surface area (Å²) in [7, 11) is 0. The molecule has 2 aromatic rings. The van der Waals surface area contributed by atoms with E-state index in [0.717, 1.165) is 29.9 Å². The average Bonchev–Trinajstić information content (AvgIpc) is 3.08. The molecule has 0 radical (unpaired) electrons. The van der Waals surface area contributed by atoms with Crippen LogP contribution in [0.3, 0.4) is 0 Å². The van der Waals surface area contributed by atoms with Gasteiger partial charge in [0.15, 0.2) is 0 Å². The summed E-state index contributed by atoms with van der Waals surface area (Å²) in [6.45, 7) is 7.48. The van der Waals surface area contributed by atoms with Gasteiger partial charge in [0.05, 0.1) is 11.1 Å². The quantitative estimate of drug-likeness (QED) is 0.815. The lowest BCUT2D eigenvalue weighted by Crippen LogP contribution is -2.19. The van der Waals surface area contributed by atoms with E-state index in [-0.39, 0.29) is 5.41 Å². The molecule has 1 saturated heterocycles. The Labute approximate surface area is 147 Å². The van der Waals surface area contributed by atoms with Crippen LogP contribution in [0.4, 0.5) is 0 Å². The summed E-state index contributed by atoms with van der Waals surface area (Å²) >= 11 is 3.68. The first-order valence-corrected chi connectivity index (χ1v) is 9.06. The first-order chi connectivity index (χ1) is 11.1. The first-order valence-electron chi connectivity index (χ1n) is 8.26. The van der Waals surface area contributed by atoms with Crippen molar-refractivity contribution in [1.29, 1.82) is 0 Å². The fourth-order valence-corrected chi connectivity index (χ4v) is 3.59. The first kappa shape index (κ1) is 16.5. The third kappa shape index (κ3) is 3.78. The third-order valence-corrected chi connectivity index (χ3v) is 5.41. The second-order valence-electron chi connectivity index (χ2n) is 6.81. The van der Waals surface area contributed by atoms with Gasteiger partial charge in [-0.1, -0.05) is 50.2 Å². The van der Waals surface area contributed by atoms with Gasteiger partial charge in [0, 0.05) is 17.9 Å². The van der Waals surface area contributed by atoms with E-state index in [9.17, 15) is 0 Å². The molecule has 1 heterocycles. The number of ether oxygens (including phenoxy) is 1. The third-order valence-electron chi connectivity index (χ3n) is 4.79. The molecule has 0 saturated carbocycles. The highest BCUT2D eigenvalue weighted by Crippen LogP contribution is 2.36. The van der Waals surface area contributed by atoms with Gasteiger partial charge in [-0.3, -0.25) is 0 Å². The molecular formula is C20H24BrNO. The minimum atomic E-state index is -0.0301. The summed E-state index contributed by atoms with van der Waals surface area (Å²) in [6.07, 6.45) is 1.21. The second-order valence-corrected chi connectivity index (χ2v) is 7.66. The van der Waals surface area contributed by atoms with Crippen molar-refractivity contribution < 1.29 is 4.74 Å². The van der Waals surface area contributed by atoms with Crippen LogP contribution in [0.1, 0.15) is 31.4 Å². The molecule has 122 valence electrons. The highest BCUT2D eigenvalue weighted by molar-refractivity contribution is 9.10. The van der Waals surface area contributed by atoms with Crippen LogP contribution in [-0.2, 0) is 5.41 Å². The smallest absolute Gasteiger partial charge is 0.133 e. The number of rotatable bonds is 5. The van der Waals surface area contributed by atoms with Gasteiger partial charge in [-0.05, 0) is 52.2 Å². The van der Waals surface area contributed by atoms with Crippen molar-refractivity contribution in [2.75, 3.05) is 19.7 Å². The largest absolute Gasteiger partial charge is 0.492 e. The van der Waals surface area contributed by atoms with E-state index in [4.69, 9.17) is 4.74 Å². The number of nitrogens with one attached hydrogen (secondary N) is 1. The Balaban J connectivity index is 1.75. The molecule has 23 heavy (non-hydrogen) atoms. The Morgan fingerprint density at radius 1 is 1.13 bits per heavy atom. The summed E-state index contributed by atoms with van der Waals surface area (Å²) in [5, 5.41) is 3.38. The van der Waals surface area contributed by atoms with Crippen molar-refractivity contribution in [2.45, 2.75) is 25.7 Å². The summed E-state index contributed by atoms with van der Waals surface area (Å²) in [6, 6.07) is 17.1. The normalized spacial score (nSPS) is 18.1. The molecule has 1 atom stereocenters. The van der Waals surface area contributed by atoms with Crippen LogP contribution >= 0.6 is 15.9 Å². The standard InChI is InChI=1S/C20H24BrNO/c1-20(2,16-6-4-3-5-7-16)17-8-9-19(18(21)12-17)23-14-15-10-11-22-13-15/h3-9,12,15,22H,10-11,13-14H2,1-2H3/t15-/m1/s1. The molecule has 3 heteroatoms. The average molecular weight is 374 g/mol. The monoisotopic (exact) mass is 373 g/mol.